The van der Waals surface area contributed by atoms with Crippen LogP contribution in [0.3, 0.4) is 0 Å². The lowest BCUT2D eigenvalue weighted by atomic mass is 10.1. The lowest BCUT2D eigenvalue weighted by molar-refractivity contribution is -0.0637. The molecule has 0 aliphatic carbocycles. The average Bonchev–Trinajstić information content (AvgIpc) is 2.88. The normalized spacial score (nSPS) is 41.2. The summed E-state index contributed by atoms with van der Waals surface area (Å²) in [5.41, 5.74) is 0. The number of halogens is 1. The van der Waals surface area contributed by atoms with Crippen molar-refractivity contribution in [1.82, 2.24) is 10.2 Å². The average molecular weight is 235 g/mol. The maximum atomic E-state index is 5.75. The van der Waals surface area contributed by atoms with Crippen LogP contribution >= 0.6 is 12.4 Å². The van der Waals surface area contributed by atoms with E-state index in [1.54, 1.807) is 0 Å². The van der Waals surface area contributed by atoms with Crippen molar-refractivity contribution in [1.29, 1.82) is 0 Å². The minimum atomic E-state index is 0. The summed E-state index contributed by atoms with van der Waals surface area (Å²) in [4.78, 5) is 2.60. The Bertz CT molecular complexity index is 212. The third kappa shape index (κ3) is 2.15. The molecular weight excluding hydrogens is 216 g/mol. The van der Waals surface area contributed by atoms with E-state index in [1.165, 1.54) is 6.42 Å². The maximum absolute atomic E-state index is 5.75. The van der Waals surface area contributed by atoms with Gasteiger partial charge in [-0.05, 0) is 6.42 Å². The number of fused-ring (bicyclic) bond motifs is 1. The fourth-order valence-electron chi connectivity index (χ4n) is 2.85. The first kappa shape index (κ1) is 11.6. The van der Waals surface area contributed by atoms with Gasteiger partial charge in [0.05, 0.1) is 25.4 Å². The number of hydrogen-bond acceptors (Lipinski definition) is 4. The van der Waals surface area contributed by atoms with Crippen molar-refractivity contribution >= 4 is 12.4 Å². The van der Waals surface area contributed by atoms with Crippen LogP contribution in [-0.4, -0.2) is 62.5 Å². The fourth-order valence-corrected chi connectivity index (χ4v) is 2.85. The second-order valence-corrected chi connectivity index (χ2v) is 4.39. The van der Waals surface area contributed by atoms with Crippen LogP contribution in [0, 0.1) is 0 Å². The first-order valence-corrected chi connectivity index (χ1v) is 5.61. The van der Waals surface area contributed by atoms with Crippen LogP contribution in [0.5, 0.6) is 0 Å². The predicted molar refractivity (Wildman–Crippen MR) is 59.6 cm³/mol. The zero-order chi connectivity index (χ0) is 9.38. The van der Waals surface area contributed by atoms with Gasteiger partial charge in [-0.1, -0.05) is 0 Å². The SMILES string of the molecule is C1CC(N2CCO[C@H]3CNC[C@H]32)CO1.Cl. The van der Waals surface area contributed by atoms with Crippen molar-refractivity contribution in [3.8, 4) is 0 Å². The van der Waals surface area contributed by atoms with Gasteiger partial charge in [0, 0.05) is 32.3 Å². The molecule has 3 aliphatic rings. The Morgan fingerprint density at radius 1 is 1.20 bits per heavy atom. The molecule has 3 rings (SSSR count). The van der Waals surface area contributed by atoms with Gasteiger partial charge in [-0.3, -0.25) is 4.90 Å². The van der Waals surface area contributed by atoms with Crippen LogP contribution in [0.4, 0.5) is 0 Å². The van der Waals surface area contributed by atoms with Gasteiger partial charge in [-0.2, -0.15) is 0 Å². The van der Waals surface area contributed by atoms with Crippen LogP contribution in [0.15, 0.2) is 0 Å². The molecule has 0 bridgehead atoms. The summed E-state index contributed by atoms with van der Waals surface area (Å²) in [5, 5.41) is 3.41. The molecule has 3 heterocycles. The number of ether oxygens (including phenoxy) is 2. The number of rotatable bonds is 1. The Morgan fingerprint density at radius 3 is 2.93 bits per heavy atom. The van der Waals surface area contributed by atoms with Gasteiger partial charge < -0.3 is 14.8 Å². The first-order chi connectivity index (χ1) is 6.95. The maximum Gasteiger partial charge on any atom is 0.0867 e. The molecule has 3 atom stereocenters. The third-order valence-electron chi connectivity index (χ3n) is 3.61. The molecule has 0 spiro atoms. The molecule has 0 aromatic heterocycles. The van der Waals surface area contributed by atoms with Crippen LogP contribution in [0.25, 0.3) is 0 Å². The van der Waals surface area contributed by atoms with Crippen molar-refractivity contribution in [2.45, 2.75) is 24.6 Å². The molecule has 0 aromatic carbocycles. The van der Waals surface area contributed by atoms with Gasteiger partial charge in [0.2, 0.25) is 0 Å². The smallest absolute Gasteiger partial charge is 0.0867 e. The quantitative estimate of drug-likeness (QED) is 0.686. The first-order valence-electron chi connectivity index (χ1n) is 5.61. The molecule has 15 heavy (non-hydrogen) atoms. The Morgan fingerprint density at radius 2 is 2.13 bits per heavy atom. The van der Waals surface area contributed by atoms with Crippen molar-refractivity contribution in [2.75, 3.05) is 39.5 Å². The second-order valence-electron chi connectivity index (χ2n) is 4.39. The Kier molecular flexibility index (Phi) is 3.85. The summed E-state index contributed by atoms with van der Waals surface area (Å²) in [6.07, 6.45) is 1.62. The summed E-state index contributed by atoms with van der Waals surface area (Å²) < 4.78 is 11.2. The van der Waals surface area contributed by atoms with Crippen LogP contribution < -0.4 is 5.32 Å². The van der Waals surface area contributed by atoms with Gasteiger partial charge in [0.15, 0.2) is 0 Å². The summed E-state index contributed by atoms with van der Waals surface area (Å²) >= 11 is 0. The van der Waals surface area contributed by atoms with E-state index in [0.717, 1.165) is 39.5 Å². The predicted octanol–water partition coefficient (Wildman–Crippen LogP) is -0.130. The minimum Gasteiger partial charge on any atom is -0.380 e. The van der Waals surface area contributed by atoms with Gasteiger partial charge in [0.1, 0.15) is 0 Å². The van der Waals surface area contributed by atoms with E-state index in [-0.39, 0.29) is 12.4 Å². The van der Waals surface area contributed by atoms with Crippen LogP contribution in [0.1, 0.15) is 6.42 Å². The third-order valence-corrected chi connectivity index (χ3v) is 3.61. The summed E-state index contributed by atoms with van der Waals surface area (Å²) in [6.45, 7) is 5.93. The highest BCUT2D eigenvalue weighted by atomic mass is 35.5. The topological polar surface area (TPSA) is 33.7 Å². The standard InChI is InChI=1S/C10H18N2O2.ClH/c1-3-13-7-8(1)12-2-4-14-10-6-11-5-9(10)12;/h8-11H,1-7H2;1H/t8?,9-,10+;/m1./s1. The summed E-state index contributed by atoms with van der Waals surface area (Å²) in [5.74, 6) is 0. The second kappa shape index (κ2) is 4.97. The number of hydrogen-bond donors (Lipinski definition) is 1. The number of nitrogens with zero attached hydrogens (tertiary/aromatic N) is 1. The monoisotopic (exact) mass is 234 g/mol. The van der Waals surface area contributed by atoms with E-state index < -0.39 is 0 Å². The van der Waals surface area contributed by atoms with E-state index in [0.29, 0.717) is 18.2 Å². The number of morpholine rings is 1. The Labute approximate surface area is 96.7 Å². The summed E-state index contributed by atoms with van der Waals surface area (Å²) in [6, 6.07) is 1.24. The van der Waals surface area contributed by atoms with E-state index in [4.69, 9.17) is 9.47 Å². The molecule has 3 fully saturated rings. The molecule has 1 unspecified atom stereocenters. The van der Waals surface area contributed by atoms with Gasteiger partial charge in [0.25, 0.3) is 0 Å². The largest absolute Gasteiger partial charge is 0.380 e. The molecule has 0 aromatic rings. The number of nitrogens with one attached hydrogen (secondary N) is 1. The molecule has 88 valence electrons. The van der Waals surface area contributed by atoms with Crippen molar-refractivity contribution < 1.29 is 9.47 Å². The van der Waals surface area contributed by atoms with E-state index in [1.807, 2.05) is 0 Å². The minimum absolute atomic E-state index is 0. The van der Waals surface area contributed by atoms with Gasteiger partial charge >= 0.3 is 0 Å². The highest BCUT2D eigenvalue weighted by Crippen LogP contribution is 2.23. The lowest BCUT2D eigenvalue weighted by Gasteiger charge is -2.40. The summed E-state index contributed by atoms with van der Waals surface area (Å²) in [7, 11) is 0. The van der Waals surface area contributed by atoms with Gasteiger partial charge in [-0.25, -0.2) is 0 Å². The highest BCUT2D eigenvalue weighted by Gasteiger charge is 2.39. The molecule has 5 heteroatoms. The van der Waals surface area contributed by atoms with Crippen LogP contribution in [0.2, 0.25) is 0 Å². The zero-order valence-corrected chi connectivity index (χ0v) is 9.67. The Balaban J connectivity index is 0.000000853. The van der Waals surface area contributed by atoms with E-state index >= 15 is 0 Å². The molecule has 0 amide bonds. The molecule has 0 radical (unpaired) electrons. The lowest BCUT2D eigenvalue weighted by Crippen LogP contribution is -2.55. The molecule has 4 nitrogen and oxygen atoms in total. The van der Waals surface area contributed by atoms with Crippen LogP contribution in [-0.2, 0) is 9.47 Å². The van der Waals surface area contributed by atoms with Crippen molar-refractivity contribution in [2.24, 2.45) is 0 Å². The molecule has 0 saturated carbocycles. The zero-order valence-electron chi connectivity index (χ0n) is 8.85. The molecule has 3 aliphatic heterocycles. The molecular formula is C10H19ClN2O2. The highest BCUT2D eigenvalue weighted by molar-refractivity contribution is 5.85. The van der Waals surface area contributed by atoms with E-state index in [9.17, 15) is 0 Å². The molecule has 1 N–H and O–H groups in total. The van der Waals surface area contributed by atoms with E-state index in [2.05, 4.69) is 10.2 Å². The van der Waals surface area contributed by atoms with Gasteiger partial charge in [-0.15, -0.1) is 12.4 Å². The fraction of sp³-hybridized carbons (Fsp3) is 1.00. The van der Waals surface area contributed by atoms with Crippen molar-refractivity contribution in [3.63, 3.8) is 0 Å². The van der Waals surface area contributed by atoms with Crippen molar-refractivity contribution in [3.05, 3.63) is 0 Å². The molecule has 3 saturated heterocycles. The Hall–Kier alpha value is 0.130.